The molecule has 2 rings (SSSR count). The fourth-order valence-corrected chi connectivity index (χ4v) is 7.93. The molecule has 3 atom stereocenters. The first-order valence-corrected chi connectivity index (χ1v) is 10.1. The number of hydrogen-bond acceptors (Lipinski definition) is 3. The van der Waals surface area contributed by atoms with Crippen molar-refractivity contribution >= 4 is 12.4 Å². The summed E-state index contributed by atoms with van der Waals surface area (Å²) < 4.78 is 13.9. The lowest BCUT2D eigenvalue weighted by atomic mass is 9.95. The molecule has 0 unspecified atom stereocenters. The highest BCUT2D eigenvalue weighted by Gasteiger charge is 2.53. The molecule has 3 nitrogen and oxygen atoms in total. The van der Waals surface area contributed by atoms with Gasteiger partial charge in [-0.25, -0.2) is 0 Å². The van der Waals surface area contributed by atoms with Crippen LogP contribution in [0.25, 0.3) is 0 Å². The van der Waals surface area contributed by atoms with E-state index in [1.54, 1.807) is 0 Å². The first-order valence-electron chi connectivity index (χ1n) is 8.10. The van der Waals surface area contributed by atoms with Gasteiger partial charge in [-0.05, 0) is 48.0 Å². The molecular weight excluding hydrogens is 293 g/mol. The van der Waals surface area contributed by atoms with E-state index in [0.29, 0.717) is 12.6 Å². The second-order valence-electron chi connectivity index (χ2n) is 8.34. The molecule has 0 radical (unpaired) electrons. The molecule has 0 amide bonds. The molecule has 1 aromatic rings. The molecule has 0 aliphatic carbocycles. The third-order valence-electron chi connectivity index (χ3n) is 4.43. The summed E-state index contributed by atoms with van der Waals surface area (Å²) in [4.78, 5) is 2.27. The van der Waals surface area contributed by atoms with E-state index in [2.05, 4.69) is 46.4 Å². The van der Waals surface area contributed by atoms with Crippen LogP contribution in [0.5, 0.6) is 0 Å². The fourth-order valence-electron chi connectivity index (χ4n) is 4.00. The first-order chi connectivity index (χ1) is 9.98. The Labute approximate surface area is 135 Å². The Hall–Kier alpha value is -0.630. The van der Waals surface area contributed by atoms with Crippen molar-refractivity contribution in [2.75, 3.05) is 6.16 Å². The minimum atomic E-state index is -2.66. The second kappa shape index (κ2) is 5.78. The van der Waals surface area contributed by atoms with Crippen LogP contribution in [0.3, 0.4) is 0 Å². The van der Waals surface area contributed by atoms with Crippen molar-refractivity contribution in [3.63, 3.8) is 0 Å². The largest absolute Gasteiger partial charge is 0.391 e. The van der Waals surface area contributed by atoms with Crippen molar-refractivity contribution in [3.8, 4) is 0 Å². The Kier molecular flexibility index (Phi) is 4.65. The van der Waals surface area contributed by atoms with Crippen molar-refractivity contribution in [3.05, 3.63) is 30.3 Å². The monoisotopic (exact) mass is 323 g/mol. The minimum Gasteiger partial charge on any atom is -0.391 e. The van der Waals surface area contributed by atoms with Gasteiger partial charge in [-0.3, -0.25) is 4.90 Å². The number of hydrogen-bond donors (Lipinski definition) is 1. The van der Waals surface area contributed by atoms with Crippen molar-refractivity contribution in [1.82, 2.24) is 4.90 Å². The van der Waals surface area contributed by atoms with Gasteiger partial charge in [0.15, 0.2) is 0 Å². The zero-order chi connectivity index (χ0) is 16.8. The molecule has 1 N–H and O–H groups in total. The van der Waals surface area contributed by atoms with Crippen LogP contribution in [0.1, 0.15) is 48.0 Å². The molecule has 1 fully saturated rings. The number of aliphatic hydroxyl groups is 1. The average molecular weight is 323 g/mol. The van der Waals surface area contributed by atoms with Crippen molar-refractivity contribution < 1.29 is 9.67 Å². The molecule has 1 saturated heterocycles. The lowest BCUT2D eigenvalue weighted by Gasteiger charge is -2.51. The maximum atomic E-state index is 13.9. The second-order valence-corrected chi connectivity index (χ2v) is 11.4. The van der Waals surface area contributed by atoms with E-state index >= 15 is 0 Å². The van der Waals surface area contributed by atoms with Gasteiger partial charge in [0, 0.05) is 22.5 Å². The highest BCUT2D eigenvalue weighted by molar-refractivity contribution is 7.72. The summed E-state index contributed by atoms with van der Waals surface area (Å²) in [6.07, 6.45) is 0.662. The lowest BCUT2D eigenvalue weighted by Crippen LogP contribution is -2.59. The molecule has 1 heterocycles. The van der Waals surface area contributed by atoms with Gasteiger partial charge >= 0.3 is 0 Å². The summed E-state index contributed by atoms with van der Waals surface area (Å²) in [5, 5.41) is 11.6. The molecule has 0 spiro atoms. The molecule has 0 aromatic heterocycles. The highest BCUT2D eigenvalue weighted by atomic mass is 31.2. The topological polar surface area (TPSA) is 40.5 Å². The predicted octanol–water partition coefficient (Wildman–Crippen LogP) is 3.66. The van der Waals surface area contributed by atoms with Crippen molar-refractivity contribution in [2.45, 2.75) is 70.9 Å². The Morgan fingerprint density at radius 3 is 2.00 bits per heavy atom. The maximum absolute atomic E-state index is 13.9. The zero-order valence-corrected chi connectivity index (χ0v) is 15.6. The SMILES string of the molecule is CC(C)(C)N([C@@H]1[C@@H](O)CC[P@@]1(=O)c1ccccc1)C(C)(C)C. The number of rotatable bonds is 2. The molecular formula is C18H30NO2P. The Bertz CT molecular complexity index is 543. The number of benzene rings is 1. The van der Waals surface area contributed by atoms with E-state index in [1.165, 1.54) is 0 Å². The zero-order valence-electron chi connectivity index (χ0n) is 14.7. The van der Waals surface area contributed by atoms with Gasteiger partial charge in [0.05, 0.1) is 11.9 Å². The Balaban J connectivity index is 2.56. The Morgan fingerprint density at radius 1 is 1.05 bits per heavy atom. The van der Waals surface area contributed by atoms with Gasteiger partial charge in [-0.2, -0.15) is 0 Å². The van der Waals surface area contributed by atoms with Gasteiger partial charge in [0.25, 0.3) is 0 Å². The minimum absolute atomic E-state index is 0.168. The van der Waals surface area contributed by atoms with Gasteiger partial charge < -0.3 is 9.67 Å². The molecule has 1 aromatic carbocycles. The number of aliphatic hydroxyl groups excluding tert-OH is 1. The highest BCUT2D eigenvalue weighted by Crippen LogP contribution is 2.60. The van der Waals surface area contributed by atoms with Crippen LogP contribution in [0.2, 0.25) is 0 Å². The maximum Gasteiger partial charge on any atom is 0.134 e. The van der Waals surface area contributed by atoms with Crippen LogP contribution < -0.4 is 5.30 Å². The van der Waals surface area contributed by atoms with E-state index in [1.807, 2.05) is 30.3 Å². The summed E-state index contributed by atoms with van der Waals surface area (Å²) >= 11 is 0. The van der Waals surface area contributed by atoms with Crippen LogP contribution >= 0.6 is 7.14 Å². The summed E-state index contributed by atoms with van der Waals surface area (Å²) in [5.74, 6) is -0.310. The molecule has 1 aliphatic heterocycles. The Morgan fingerprint density at radius 2 is 1.55 bits per heavy atom. The van der Waals surface area contributed by atoms with Crippen molar-refractivity contribution in [2.24, 2.45) is 0 Å². The lowest BCUT2D eigenvalue weighted by molar-refractivity contribution is -0.0202. The van der Waals surface area contributed by atoms with E-state index < -0.39 is 13.2 Å². The van der Waals surface area contributed by atoms with Crippen LogP contribution in [0.4, 0.5) is 0 Å². The van der Waals surface area contributed by atoms with E-state index in [0.717, 1.165) is 5.30 Å². The molecule has 124 valence electrons. The quantitative estimate of drug-likeness (QED) is 0.844. The average Bonchev–Trinajstić information content (AvgIpc) is 2.67. The van der Waals surface area contributed by atoms with Crippen LogP contribution in [0.15, 0.2) is 30.3 Å². The van der Waals surface area contributed by atoms with E-state index in [9.17, 15) is 9.67 Å². The first kappa shape index (κ1) is 17.7. The summed E-state index contributed by atoms with van der Waals surface area (Å²) in [7, 11) is -2.66. The van der Waals surface area contributed by atoms with Gasteiger partial charge in [0.2, 0.25) is 0 Å². The standard InChI is InChI=1S/C18H30NO2P/c1-17(2,3)19(18(4,5)6)16-15(20)12-13-22(16,21)14-10-8-7-9-11-14/h7-11,15-16,20H,12-13H2,1-6H3/t15-,16-,22+/m0/s1. The van der Waals surface area contributed by atoms with Gasteiger partial charge in [0.1, 0.15) is 7.14 Å². The predicted molar refractivity (Wildman–Crippen MR) is 94.3 cm³/mol. The smallest absolute Gasteiger partial charge is 0.134 e. The number of nitrogens with zero attached hydrogens (tertiary/aromatic N) is 1. The van der Waals surface area contributed by atoms with E-state index in [4.69, 9.17) is 0 Å². The van der Waals surface area contributed by atoms with Crippen LogP contribution in [-0.2, 0) is 4.57 Å². The summed E-state index contributed by atoms with van der Waals surface area (Å²) in [5.41, 5.74) is -0.336. The molecule has 0 bridgehead atoms. The molecule has 1 aliphatic rings. The third kappa shape index (κ3) is 3.18. The normalized spacial score (nSPS) is 30.0. The summed E-state index contributed by atoms with van der Waals surface area (Å²) in [6.45, 7) is 12.8. The van der Waals surface area contributed by atoms with Crippen molar-refractivity contribution in [1.29, 1.82) is 0 Å². The van der Waals surface area contributed by atoms with Crippen LogP contribution in [-0.4, -0.2) is 39.1 Å². The summed E-state index contributed by atoms with van der Waals surface area (Å²) in [6, 6.07) is 9.73. The van der Waals surface area contributed by atoms with E-state index in [-0.39, 0.29) is 16.9 Å². The molecule has 0 saturated carbocycles. The van der Waals surface area contributed by atoms with Gasteiger partial charge in [-0.15, -0.1) is 0 Å². The fraction of sp³-hybridized carbons (Fsp3) is 0.667. The molecule has 22 heavy (non-hydrogen) atoms. The van der Waals surface area contributed by atoms with Crippen LogP contribution in [0, 0.1) is 0 Å². The third-order valence-corrected chi connectivity index (χ3v) is 7.96. The van der Waals surface area contributed by atoms with Gasteiger partial charge in [-0.1, -0.05) is 30.3 Å². The molecule has 4 heteroatoms.